The summed E-state index contributed by atoms with van der Waals surface area (Å²) in [6.45, 7) is 3.87. The zero-order valence-electron chi connectivity index (χ0n) is 5.39. The molecular weight excluding hydrogens is 118 g/mol. The standard InChI is InChI=1S/C6H9NO2/c1-6(3-7)4-9-5-8-2/h1,4-5H2,2H3. The maximum Gasteiger partial charge on any atom is 0.146 e. The minimum Gasteiger partial charge on any atom is -0.359 e. The van der Waals surface area contributed by atoms with E-state index < -0.39 is 0 Å². The van der Waals surface area contributed by atoms with Crippen LogP contribution in [0.25, 0.3) is 0 Å². The molecule has 0 aliphatic rings. The maximum atomic E-state index is 8.16. The van der Waals surface area contributed by atoms with Gasteiger partial charge in [-0.05, 0) is 0 Å². The number of methoxy groups -OCH3 is 1. The lowest BCUT2D eigenvalue weighted by Gasteiger charge is -1.97. The second kappa shape index (κ2) is 5.29. The lowest BCUT2D eigenvalue weighted by Crippen LogP contribution is -1.98. The molecule has 9 heavy (non-hydrogen) atoms. The predicted molar refractivity (Wildman–Crippen MR) is 32.6 cm³/mol. The van der Waals surface area contributed by atoms with Crippen LogP contribution >= 0.6 is 0 Å². The van der Waals surface area contributed by atoms with E-state index in [2.05, 4.69) is 11.3 Å². The molecule has 0 saturated heterocycles. The summed E-state index contributed by atoms with van der Waals surface area (Å²) in [5.41, 5.74) is 0.409. The molecule has 0 unspecified atom stereocenters. The Labute approximate surface area is 54.5 Å². The van der Waals surface area contributed by atoms with Crippen molar-refractivity contribution in [1.29, 1.82) is 5.26 Å². The number of nitrogens with zero attached hydrogens (tertiary/aromatic N) is 1. The fourth-order valence-corrected chi connectivity index (χ4v) is 0.280. The van der Waals surface area contributed by atoms with Crippen LogP contribution in [0.4, 0.5) is 0 Å². The Morgan fingerprint density at radius 2 is 2.44 bits per heavy atom. The SMILES string of the molecule is C=C(C#N)COCOC. The fourth-order valence-electron chi connectivity index (χ4n) is 0.280. The molecule has 50 valence electrons. The Balaban J connectivity index is 3.10. The second-order valence-electron chi connectivity index (χ2n) is 1.47. The Morgan fingerprint density at radius 3 is 2.89 bits per heavy atom. The van der Waals surface area contributed by atoms with E-state index >= 15 is 0 Å². The first-order valence-electron chi connectivity index (χ1n) is 2.45. The highest BCUT2D eigenvalue weighted by atomic mass is 16.7. The number of hydrogen-bond donors (Lipinski definition) is 0. The number of ether oxygens (including phenoxy) is 2. The molecule has 0 aliphatic carbocycles. The second-order valence-corrected chi connectivity index (χ2v) is 1.47. The van der Waals surface area contributed by atoms with Gasteiger partial charge in [-0.3, -0.25) is 0 Å². The molecule has 0 bridgehead atoms. The summed E-state index contributed by atoms with van der Waals surface area (Å²) in [5.74, 6) is 0. The van der Waals surface area contributed by atoms with Gasteiger partial charge in [-0.1, -0.05) is 6.58 Å². The van der Waals surface area contributed by atoms with Crippen LogP contribution in [0.5, 0.6) is 0 Å². The van der Waals surface area contributed by atoms with E-state index in [4.69, 9.17) is 10.00 Å². The highest BCUT2D eigenvalue weighted by Crippen LogP contribution is 1.86. The van der Waals surface area contributed by atoms with Crippen molar-refractivity contribution < 1.29 is 9.47 Å². The average molecular weight is 127 g/mol. The Bertz CT molecular complexity index is 126. The molecule has 3 nitrogen and oxygen atoms in total. The smallest absolute Gasteiger partial charge is 0.146 e. The Morgan fingerprint density at radius 1 is 1.78 bits per heavy atom. The monoisotopic (exact) mass is 127 g/mol. The van der Waals surface area contributed by atoms with E-state index in [-0.39, 0.29) is 13.4 Å². The lowest BCUT2D eigenvalue weighted by atomic mass is 10.4. The fraction of sp³-hybridized carbons (Fsp3) is 0.500. The molecule has 0 aromatic heterocycles. The van der Waals surface area contributed by atoms with Crippen molar-refractivity contribution in [1.82, 2.24) is 0 Å². The van der Waals surface area contributed by atoms with Gasteiger partial charge in [0, 0.05) is 12.7 Å². The zero-order valence-corrected chi connectivity index (χ0v) is 5.39. The first-order chi connectivity index (χ1) is 4.31. The molecule has 0 aliphatic heterocycles. The van der Waals surface area contributed by atoms with Crippen LogP contribution in [0.15, 0.2) is 12.2 Å². The van der Waals surface area contributed by atoms with Crippen molar-refractivity contribution in [3.05, 3.63) is 12.2 Å². The van der Waals surface area contributed by atoms with Crippen LogP contribution in [0.2, 0.25) is 0 Å². The molecule has 0 spiro atoms. The van der Waals surface area contributed by atoms with Gasteiger partial charge in [-0.15, -0.1) is 0 Å². The molecular formula is C6H9NO2. The summed E-state index contributed by atoms with van der Waals surface area (Å²) in [4.78, 5) is 0. The summed E-state index contributed by atoms with van der Waals surface area (Å²) < 4.78 is 9.36. The molecule has 0 radical (unpaired) electrons. The van der Waals surface area contributed by atoms with E-state index in [0.717, 1.165) is 0 Å². The van der Waals surface area contributed by atoms with Crippen molar-refractivity contribution in [3.8, 4) is 6.07 Å². The maximum absolute atomic E-state index is 8.16. The van der Waals surface area contributed by atoms with Gasteiger partial charge in [-0.25, -0.2) is 0 Å². The number of rotatable bonds is 4. The van der Waals surface area contributed by atoms with Crippen molar-refractivity contribution in [2.24, 2.45) is 0 Å². The zero-order chi connectivity index (χ0) is 7.11. The average Bonchev–Trinajstić information content (AvgIpc) is 1.89. The molecule has 0 heterocycles. The topological polar surface area (TPSA) is 42.2 Å². The molecule has 3 heteroatoms. The van der Waals surface area contributed by atoms with E-state index in [1.165, 1.54) is 7.11 Å². The third-order valence-corrected chi connectivity index (χ3v) is 0.636. The van der Waals surface area contributed by atoms with Crippen molar-refractivity contribution in [3.63, 3.8) is 0 Å². The Kier molecular flexibility index (Phi) is 4.79. The van der Waals surface area contributed by atoms with Gasteiger partial charge in [0.2, 0.25) is 0 Å². The van der Waals surface area contributed by atoms with Crippen LogP contribution in [0.1, 0.15) is 0 Å². The quantitative estimate of drug-likeness (QED) is 0.317. The molecule has 0 aromatic rings. The van der Waals surface area contributed by atoms with Crippen LogP contribution in [-0.2, 0) is 9.47 Å². The van der Waals surface area contributed by atoms with Gasteiger partial charge >= 0.3 is 0 Å². The highest BCUT2D eigenvalue weighted by molar-refractivity contribution is 5.15. The summed E-state index contributed by atoms with van der Waals surface area (Å²) in [7, 11) is 1.52. The van der Waals surface area contributed by atoms with Gasteiger partial charge in [0.05, 0.1) is 12.7 Å². The molecule has 0 saturated carbocycles. The molecule has 0 atom stereocenters. The molecule has 0 rings (SSSR count). The highest BCUT2D eigenvalue weighted by Gasteiger charge is 1.88. The molecule has 0 N–H and O–H groups in total. The lowest BCUT2D eigenvalue weighted by molar-refractivity contribution is -0.0201. The summed E-state index contributed by atoms with van der Waals surface area (Å²) in [5, 5.41) is 8.16. The number of nitriles is 1. The normalized spacial score (nSPS) is 8.44. The van der Waals surface area contributed by atoms with Gasteiger partial charge in [0.1, 0.15) is 6.79 Å². The third kappa shape index (κ3) is 5.01. The number of hydrogen-bond acceptors (Lipinski definition) is 3. The van der Waals surface area contributed by atoms with Crippen molar-refractivity contribution >= 4 is 0 Å². The minimum atomic E-state index is 0.209. The van der Waals surface area contributed by atoms with E-state index in [1.807, 2.05) is 6.07 Å². The molecule has 0 aromatic carbocycles. The summed E-state index contributed by atoms with van der Waals surface area (Å²) in [6.07, 6.45) is 0. The van der Waals surface area contributed by atoms with Crippen LogP contribution in [0, 0.1) is 11.3 Å². The van der Waals surface area contributed by atoms with E-state index in [1.54, 1.807) is 0 Å². The minimum absolute atomic E-state index is 0.209. The first-order valence-corrected chi connectivity index (χ1v) is 2.45. The van der Waals surface area contributed by atoms with Gasteiger partial charge in [-0.2, -0.15) is 5.26 Å². The van der Waals surface area contributed by atoms with E-state index in [9.17, 15) is 0 Å². The van der Waals surface area contributed by atoms with Crippen molar-refractivity contribution in [2.75, 3.05) is 20.5 Å². The Hall–Kier alpha value is -0.850. The van der Waals surface area contributed by atoms with Crippen LogP contribution in [0.3, 0.4) is 0 Å². The van der Waals surface area contributed by atoms with E-state index in [0.29, 0.717) is 5.57 Å². The van der Waals surface area contributed by atoms with Crippen LogP contribution in [-0.4, -0.2) is 20.5 Å². The summed E-state index contributed by atoms with van der Waals surface area (Å²) >= 11 is 0. The van der Waals surface area contributed by atoms with Gasteiger partial charge in [0.15, 0.2) is 0 Å². The van der Waals surface area contributed by atoms with Gasteiger partial charge in [0.25, 0.3) is 0 Å². The first kappa shape index (κ1) is 8.15. The predicted octanol–water partition coefficient (Wildman–Crippen LogP) is 0.687. The summed E-state index contributed by atoms with van der Waals surface area (Å²) in [6, 6.07) is 1.85. The third-order valence-electron chi connectivity index (χ3n) is 0.636. The molecule has 0 amide bonds. The van der Waals surface area contributed by atoms with Crippen LogP contribution < -0.4 is 0 Å². The largest absolute Gasteiger partial charge is 0.359 e. The van der Waals surface area contributed by atoms with Crippen molar-refractivity contribution in [2.45, 2.75) is 0 Å². The van der Waals surface area contributed by atoms with Gasteiger partial charge < -0.3 is 9.47 Å². The molecule has 0 fully saturated rings.